The van der Waals surface area contributed by atoms with Crippen LogP contribution in [0.25, 0.3) is 83.6 Å². The van der Waals surface area contributed by atoms with Gasteiger partial charge in [-0.05, 0) is 75.3 Å². The lowest BCUT2D eigenvalue weighted by atomic mass is 9.70. The zero-order valence-corrected chi connectivity index (χ0v) is 31.3. The van der Waals surface area contributed by atoms with Gasteiger partial charge in [0.1, 0.15) is 0 Å². The maximum absolute atomic E-state index is 9.65. The summed E-state index contributed by atoms with van der Waals surface area (Å²) in [6.45, 7) is 0. The van der Waals surface area contributed by atoms with Crippen LogP contribution in [0.3, 0.4) is 0 Å². The Bertz CT molecular complexity index is 3300. The van der Waals surface area contributed by atoms with Gasteiger partial charge in [-0.15, -0.1) is 0 Å². The van der Waals surface area contributed by atoms with Gasteiger partial charge in [0.15, 0.2) is 5.82 Å². The molecule has 0 bridgehead atoms. The Balaban J connectivity index is 1.08. The molecule has 0 atom stereocenters. The molecule has 8 aromatic carbocycles. The summed E-state index contributed by atoms with van der Waals surface area (Å²) in [6, 6.07) is 71.3. The number of rotatable bonds is 4. The standard InChI is InChI=1S/C54H32N4/c55-33-34-13-12-16-37(31-34)53-56-48(35-14-2-1-3-15-35)32-49(57-53)36-25-27-38(28-26-36)58-50-24-11-7-19-41(50)42-29-30-47-51(52(42)58)43-20-6-10-23-46(43)54(47)44-21-8-4-17-39(44)40-18-5-9-22-45(40)54/h1-32H. The van der Waals surface area contributed by atoms with Crippen molar-refractivity contribution in [1.29, 1.82) is 5.26 Å². The highest BCUT2D eigenvalue weighted by Crippen LogP contribution is 2.64. The molecular weight excluding hydrogens is 705 g/mol. The molecule has 0 fully saturated rings. The third-order valence-corrected chi connectivity index (χ3v) is 12.3. The molecule has 1 spiro atoms. The second-order valence-corrected chi connectivity index (χ2v) is 15.2. The Morgan fingerprint density at radius 1 is 0.448 bits per heavy atom. The summed E-state index contributed by atoms with van der Waals surface area (Å²) in [5.74, 6) is 0.582. The van der Waals surface area contributed by atoms with Gasteiger partial charge < -0.3 is 4.57 Å². The predicted octanol–water partition coefficient (Wildman–Crippen LogP) is 12.8. The van der Waals surface area contributed by atoms with Gasteiger partial charge in [0, 0.05) is 38.7 Å². The van der Waals surface area contributed by atoms with E-state index in [-0.39, 0.29) is 0 Å². The quantitative estimate of drug-likeness (QED) is 0.181. The van der Waals surface area contributed by atoms with Crippen LogP contribution in [0, 0.1) is 11.3 Å². The molecule has 58 heavy (non-hydrogen) atoms. The summed E-state index contributed by atoms with van der Waals surface area (Å²) in [5.41, 5.74) is 18.5. The number of fused-ring (bicyclic) bond motifs is 14. The lowest BCUT2D eigenvalue weighted by molar-refractivity contribution is 0.794. The van der Waals surface area contributed by atoms with Crippen LogP contribution >= 0.6 is 0 Å². The number of aromatic nitrogens is 3. The fourth-order valence-electron chi connectivity index (χ4n) is 9.89. The van der Waals surface area contributed by atoms with Crippen LogP contribution < -0.4 is 0 Å². The maximum atomic E-state index is 9.65. The molecule has 268 valence electrons. The number of hydrogen-bond acceptors (Lipinski definition) is 3. The van der Waals surface area contributed by atoms with E-state index < -0.39 is 5.41 Å². The van der Waals surface area contributed by atoms with Gasteiger partial charge in [-0.25, -0.2) is 9.97 Å². The number of hydrogen-bond donors (Lipinski definition) is 0. The van der Waals surface area contributed by atoms with Gasteiger partial charge in [0.25, 0.3) is 0 Å². The summed E-state index contributed by atoms with van der Waals surface area (Å²) in [7, 11) is 0. The number of para-hydroxylation sites is 1. The van der Waals surface area contributed by atoms with Gasteiger partial charge >= 0.3 is 0 Å². The van der Waals surface area contributed by atoms with Crippen molar-refractivity contribution in [1.82, 2.24) is 14.5 Å². The highest BCUT2D eigenvalue weighted by atomic mass is 15.0. The zero-order chi connectivity index (χ0) is 38.4. The first-order valence-electron chi connectivity index (χ1n) is 19.6. The van der Waals surface area contributed by atoms with E-state index in [1.54, 1.807) is 6.07 Å². The normalized spacial score (nSPS) is 12.9. The van der Waals surface area contributed by atoms with E-state index >= 15 is 0 Å². The average molecular weight is 737 g/mol. The molecule has 4 nitrogen and oxygen atoms in total. The molecule has 10 aromatic rings. The van der Waals surface area contributed by atoms with E-state index in [0.29, 0.717) is 11.4 Å². The lowest BCUT2D eigenvalue weighted by Gasteiger charge is -2.30. The molecule has 2 aromatic heterocycles. The first-order chi connectivity index (χ1) is 28.7. The van der Waals surface area contributed by atoms with Gasteiger partial charge in [0.2, 0.25) is 0 Å². The summed E-state index contributed by atoms with van der Waals surface area (Å²) < 4.78 is 2.46. The Labute approximate surface area is 335 Å². The van der Waals surface area contributed by atoms with Crippen molar-refractivity contribution in [2.75, 3.05) is 0 Å². The lowest BCUT2D eigenvalue weighted by Crippen LogP contribution is -2.25. The van der Waals surface area contributed by atoms with Crippen LogP contribution in [0.15, 0.2) is 194 Å². The Morgan fingerprint density at radius 3 is 1.74 bits per heavy atom. The largest absolute Gasteiger partial charge is 0.309 e. The molecular formula is C54H32N4. The van der Waals surface area contributed by atoms with E-state index in [0.717, 1.165) is 39.3 Å². The van der Waals surface area contributed by atoms with E-state index in [1.165, 1.54) is 60.8 Å². The smallest absolute Gasteiger partial charge is 0.160 e. The SMILES string of the molecule is N#Cc1cccc(-c2nc(-c3ccccc3)cc(-c3ccc(-n4c5ccccc5c5ccc6c(c54)-c4ccccc4C64c5ccccc5-c5ccccc54)cc3)n2)c1. The van der Waals surface area contributed by atoms with Crippen LogP contribution in [-0.2, 0) is 5.41 Å². The number of nitriles is 1. The molecule has 0 aliphatic heterocycles. The van der Waals surface area contributed by atoms with Gasteiger partial charge in [0.05, 0.1) is 39.5 Å². The van der Waals surface area contributed by atoms with Gasteiger partial charge in [-0.1, -0.05) is 158 Å². The summed E-state index contributed by atoms with van der Waals surface area (Å²) in [6.07, 6.45) is 0. The van der Waals surface area contributed by atoms with Crippen LogP contribution in [0.2, 0.25) is 0 Å². The van der Waals surface area contributed by atoms with Crippen LogP contribution in [-0.4, -0.2) is 14.5 Å². The minimum atomic E-state index is -0.424. The second kappa shape index (κ2) is 12.3. The third kappa shape index (κ3) is 4.44. The van der Waals surface area contributed by atoms with Crippen LogP contribution in [0.1, 0.15) is 27.8 Å². The molecule has 0 unspecified atom stereocenters. The van der Waals surface area contributed by atoms with Crippen molar-refractivity contribution in [3.05, 3.63) is 222 Å². The van der Waals surface area contributed by atoms with Crippen molar-refractivity contribution in [3.63, 3.8) is 0 Å². The van der Waals surface area contributed by atoms with Crippen molar-refractivity contribution in [3.8, 4) is 67.9 Å². The molecule has 12 rings (SSSR count). The van der Waals surface area contributed by atoms with E-state index in [2.05, 4.69) is 162 Å². The van der Waals surface area contributed by atoms with Crippen molar-refractivity contribution in [2.24, 2.45) is 0 Å². The van der Waals surface area contributed by atoms with Crippen molar-refractivity contribution in [2.45, 2.75) is 5.41 Å². The van der Waals surface area contributed by atoms with Gasteiger partial charge in [-0.2, -0.15) is 5.26 Å². The molecule has 2 aliphatic rings. The fraction of sp³-hybridized carbons (Fsp3) is 0.0185. The Hall–Kier alpha value is -7.87. The van der Waals surface area contributed by atoms with Gasteiger partial charge in [-0.3, -0.25) is 0 Å². The fourth-order valence-corrected chi connectivity index (χ4v) is 9.89. The predicted molar refractivity (Wildman–Crippen MR) is 234 cm³/mol. The minimum Gasteiger partial charge on any atom is -0.309 e. The van der Waals surface area contributed by atoms with Crippen molar-refractivity contribution >= 4 is 21.8 Å². The first-order valence-corrected chi connectivity index (χ1v) is 19.6. The monoisotopic (exact) mass is 736 g/mol. The van der Waals surface area contributed by atoms with E-state index in [1.807, 2.05) is 36.4 Å². The summed E-state index contributed by atoms with van der Waals surface area (Å²) >= 11 is 0. The second-order valence-electron chi connectivity index (χ2n) is 15.2. The highest BCUT2D eigenvalue weighted by Gasteiger charge is 2.52. The zero-order valence-electron chi connectivity index (χ0n) is 31.3. The Morgan fingerprint density at radius 2 is 1.03 bits per heavy atom. The number of benzene rings is 8. The minimum absolute atomic E-state index is 0.424. The van der Waals surface area contributed by atoms with E-state index in [4.69, 9.17) is 9.97 Å². The molecule has 4 heteroatoms. The first kappa shape index (κ1) is 32.4. The molecule has 2 aliphatic carbocycles. The molecule has 0 amide bonds. The van der Waals surface area contributed by atoms with E-state index in [9.17, 15) is 5.26 Å². The van der Waals surface area contributed by atoms with Crippen LogP contribution in [0.5, 0.6) is 0 Å². The Kier molecular flexibility index (Phi) is 6.88. The third-order valence-electron chi connectivity index (χ3n) is 12.3. The molecule has 2 heterocycles. The van der Waals surface area contributed by atoms with Crippen LogP contribution in [0.4, 0.5) is 0 Å². The summed E-state index contributed by atoms with van der Waals surface area (Å²) in [5, 5.41) is 12.1. The average Bonchev–Trinajstić information content (AvgIpc) is 3.91. The molecule has 0 saturated carbocycles. The number of nitrogens with zero attached hydrogens (tertiary/aromatic N) is 4. The summed E-state index contributed by atoms with van der Waals surface area (Å²) in [4.78, 5) is 10.1. The maximum Gasteiger partial charge on any atom is 0.160 e. The van der Waals surface area contributed by atoms with Crippen molar-refractivity contribution < 1.29 is 0 Å². The molecule has 0 radical (unpaired) electrons. The highest BCUT2D eigenvalue weighted by molar-refractivity contribution is 6.16. The molecule has 0 saturated heterocycles. The molecule has 0 N–H and O–H groups in total. The topological polar surface area (TPSA) is 54.5 Å².